The van der Waals surface area contributed by atoms with Crippen LogP contribution < -0.4 is 15.8 Å². The Balaban J connectivity index is 2.26. The van der Waals surface area contributed by atoms with Gasteiger partial charge in [0.25, 0.3) is 0 Å². The highest BCUT2D eigenvalue weighted by atomic mass is 16.5. The summed E-state index contributed by atoms with van der Waals surface area (Å²) in [6, 6.07) is 6.47. The number of hydrogen-bond donors (Lipinski definition) is 2. The summed E-state index contributed by atoms with van der Waals surface area (Å²) in [5, 5.41) is 3.27. The first-order valence-corrected chi connectivity index (χ1v) is 6.27. The fourth-order valence-electron chi connectivity index (χ4n) is 2.25. The number of hydrogen-bond acceptors (Lipinski definition) is 3. The van der Waals surface area contributed by atoms with E-state index in [1.807, 2.05) is 6.07 Å². The fraction of sp³-hybridized carbons (Fsp3) is 0.571. The van der Waals surface area contributed by atoms with Crippen molar-refractivity contribution in [2.45, 2.75) is 25.8 Å². The van der Waals surface area contributed by atoms with E-state index in [2.05, 4.69) is 31.3 Å². The Morgan fingerprint density at radius 2 is 2.06 bits per heavy atom. The van der Waals surface area contributed by atoms with E-state index in [0.29, 0.717) is 11.8 Å². The predicted octanol–water partition coefficient (Wildman–Crippen LogP) is 2.04. The number of rotatable bonds is 4. The van der Waals surface area contributed by atoms with Gasteiger partial charge in [-0.25, -0.2) is 0 Å². The summed E-state index contributed by atoms with van der Waals surface area (Å²) >= 11 is 0. The average molecular weight is 234 g/mol. The van der Waals surface area contributed by atoms with Crippen LogP contribution in [-0.2, 0) is 0 Å². The van der Waals surface area contributed by atoms with E-state index in [4.69, 9.17) is 10.5 Å². The molecule has 1 heterocycles. The van der Waals surface area contributed by atoms with Crippen molar-refractivity contribution in [1.82, 2.24) is 5.32 Å². The molecule has 0 aliphatic carbocycles. The minimum atomic E-state index is 0.139. The molecule has 17 heavy (non-hydrogen) atoms. The second-order valence-electron chi connectivity index (χ2n) is 5.10. The molecule has 94 valence electrons. The van der Waals surface area contributed by atoms with Crippen LogP contribution in [0.5, 0.6) is 5.75 Å². The minimum Gasteiger partial charge on any atom is -0.496 e. The third-order valence-electron chi connectivity index (χ3n) is 3.58. The molecule has 3 nitrogen and oxygen atoms in total. The molecule has 0 spiro atoms. The van der Waals surface area contributed by atoms with Crippen LogP contribution in [0, 0.1) is 5.92 Å². The smallest absolute Gasteiger partial charge is 0.122 e. The van der Waals surface area contributed by atoms with Crippen LogP contribution in [0.2, 0.25) is 0 Å². The van der Waals surface area contributed by atoms with Crippen molar-refractivity contribution in [3.8, 4) is 5.75 Å². The fourth-order valence-corrected chi connectivity index (χ4v) is 2.25. The molecule has 1 aromatic carbocycles. The Hall–Kier alpha value is -1.06. The van der Waals surface area contributed by atoms with Crippen molar-refractivity contribution in [2.24, 2.45) is 11.7 Å². The third-order valence-corrected chi connectivity index (χ3v) is 3.58. The molecular weight excluding hydrogens is 212 g/mol. The predicted molar refractivity (Wildman–Crippen MR) is 70.4 cm³/mol. The van der Waals surface area contributed by atoms with Crippen molar-refractivity contribution < 1.29 is 4.74 Å². The van der Waals surface area contributed by atoms with Crippen LogP contribution in [0.1, 0.15) is 36.9 Å². The average Bonchev–Trinajstić information content (AvgIpc) is 2.25. The summed E-state index contributed by atoms with van der Waals surface area (Å²) in [5.41, 5.74) is 8.75. The molecule has 0 aromatic heterocycles. The van der Waals surface area contributed by atoms with Gasteiger partial charge in [0.15, 0.2) is 0 Å². The summed E-state index contributed by atoms with van der Waals surface area (Å²) in [5.74, 6) is 1.99. The maximum absolute atomic E-state index is 6.28. The SMILES string of the molecule is COc1ccc(C(N)C2CNC2)cc1C(C)C. The molecular formula is C14H22N2O. The maximum Gasteiger partial charge on any atom is 0.122 e. The lowest BCUT2D eigenvalue weighted by Gasteiger charge is -2.33. The lowest BCUT2D eigenvalue weighted by molar-refractivity contribution is 0.294. The standard InChI is InChI=1S/C14H22N2O/c1-9(2)12-6-10(4-5-13(12)17-3)14(15)11-7-16-8-11/h4-6,9,11,14,16H,7-8,15H2,1-3H3. The molecule has 1 aliphatic heterocycles. The molecule has 0 saturated carbocycles. The summed E-state index contributed by atoms with van der Waals surface area (Å²) < 4.78 is 5.39. The van der Waals surface area contributed by atoms with Gasteiger partial charge in [-0.15, -0.1) is 0 Å². The van der Waals surface area contributed by atoms with Crippen LogP contribution in [-0.4, -0.2) is 20.2 Å². The summed E-state index contributed by atoms with van der Waals surface area (Å²) in [4.78, 5) is 0. The number of nitrogens with two attached hydrogens (primary N) is 1. The van der Waals surface area contributed by atoms with Crippen LogP contribution in [0.4, 0.5) is 0 Å². The molecule has 1 aliphatic rings. The van der Waals surface area contributed by atoms with E-state index in [9.17, 15) is 0 Å². The van der Waals surface area contributed by atoms with Gasteiger partial charge in [-0.2, -0.15) is 0 Å². The zero-order valence-corrected chi connectivity index (χ0v) is 10.9. The Bertz CT molecular complexity index is 386. The van der Waals surface area contributed by atoms with E-state index in [-0.39, 0.29) is 6.04 Å². The Morgan fingerprint density at radius 1 is 1.35 bits per heavy atom. The third kappa shape index (κ3) is 2.45. The van der Waals surface area contributed by atoms with Gasteiger partial charge >= 0.3 is 0 Å². The molecule has 1 saturated heterocycles. The number of benzene rings is 1. The van der Waals surface area contributed by atoms with Gasteiger partial charge in [-0.3, -0.25) is 0 Å². The normalized spacial score (nSPS) is 17.9. The molecule has 1 unspecified atom stereocenters. The topological polar surface area (TPSA) is 47.3 Å². The maximum atomic E-state index is 6.28. The monoisotopic (exact) mass is 234 g/mol. The lowest BCUT2D eigenvalue weighted by atomic mass is 9.87. The Morgan fingerprint density at radius 3 is 2.53 bits per heavy atom. The minimum absolute atomic E-state index is 0.139. The van der Waals surface area contributed by atoms with Crippen molar-refractivity contribution in [2.75, 3.05) is 20.2 Å². The molecule has 0 bridgehead atoms. The van der Waals surface area contributed by atoms with E-state index in [1.54, 1.807) is 7.11 Å². The van der Waals surface area contributed by atoms with Gasteiger partial charge in [-0.05, 0) is 23.1 Å². The lowest BCUT2D eigenvalue weighted by Crippen LogP contribution is -2.47. The van der Waals surface area contributed by atoms with Crippen molar-refractivity contribution >= 4 is 0 Å². The zero-order chi connectivity index (χ0) is 12.4. The van der Waals surface area contributed by atoms with E-state index < -0.39 is 0 Å². The van der Waals surface area contributed by atoms with Crippen LogP contribution in [0.25, 0.3) is 0 Å². The molecule has 3 heteroatoms. The molecule has 0 radical (unpaired) electrons. The number of methoxy groups -OCH3 is 1. The van der Waals surface area contributed by atoms with E-state index >= 15 is 0 Å². The number of nitrogens with one attached hydrogen (secondary N) is 1. The van der Waals surface area contributed by atoms with E-state index in [1.165, 1.54) is 11.1 Å². The van der Waals surface area contributed by atoms with Gasteiger partial charge < -0.3 is 15.8 Å². The second kappa shape index (κ2) is 5.07. The Kier molecular flexibility index (Phi) is 3.69. The first-order chi connectivity index (χ1) is 8.13. The summed E-state index contributed by atoms with van der Waals surface area (Å²) in [6.07, 6.45) is 0. The highest BCUT2D eigenvalue weighted by Gasteiger charge is 2.25. The molecule has 0 amide bonds. The van der Waals surface area contributed by atoms with Crippen LogP contribution >= 0.6 is 0 Å². The largest absolute Gasteiger partial charge is 0.496 e. The number of ether oxygens (including phenoxy) is 1. The van der Waals surface area contributed by atoms with Crippen molar-refractivity contribution in [3.05, 3.63) is 29.3 Å². The molecule has 3 N–H and O–H groups in total. The Labute approximate surface area is 103 Å². The first kappa shape index (κ1) is 12.4. The van der Waals surface area contributed by atoms with Crippen molar-refractivity contribution in [1.29, 1.82) is 0 Å². The molecule has 1 fully saturated rings. The highest BCUT2D eigenvalue weighted by molar-refractivity contribution is 5.40. The van der Waals surface area contributed by atoms with Crippen LogP contribution in [0.3, 0.4) is 0 Å². The van der Waals surface area contributed by atoms with Gasteiger partial charge in [0, 0.05) is 25.0 Å². The second-order valence-corrected chi connectivity index (χ2v) is 5.10. The first-order valence-electron chi connectivity index (χ1n) is 6.27. The van der Waals surface area contributed by atoms with Crippen molar-refractivity contribution in [3.63, 3.8) is 0 Å². The van der Waals surface area contributed by atoms with Gasteiger partial charge in [0.05, 0.1) is 7.11 Å². The van der Waals surface area contributed by atoms with Gasteiger partial charge in [0.2, 0.25) is 0 Å². The molecule has 1 aromatic rings. The summed E-state index contributed by atoms with van der Waals surface area (Å²) in [6.45, 7) is 6.42. The van der Waals surface area contributed by atoms with Gasteiger partial charge in [0.1, 0.15) is 5.75 Å². The van der Waals surface area contributed by atoms with Crippen LogP contribution in [0.15, 0.2) is 18.2 Å². The molecule has 2 rings (SSSR count). The van der Waals surface area contributed by atoms with E-state index in [0.717, 1.165) is 18.8 Å². The highest BCUT2D eigenvalue weighted by Crippen LogP contribution is 2.31. The van der Waals surface area contributed by atoms with Gasteiger partial charge in [-0.1, -0.05) is 26.0 Å². The quantitative estimate of drug-likeness (QED) is 0.838. The molecule has 1 atom stereocenters. The summed E-state index contributed by atoms with van der Waals surface area (Å²) in [7, 11) is 1.72. The zero-order valence-electron chi connectivity index (χ0n) is 10.9.